The predicted octanol–water partition coefficient (Wildman–Crippen LogP) is 0.218. The normalized spacial score (nSPS) is 21.4. The molecule has 0 aromatic rings. The molecule has 0 saturated carbocycles. The quantitative estimate of drug-likeness (QED) is 0.608. The molecule has 3 nitrogen and oxygen atoms in total. The molecule has 0 amide bonds. The smallest absolute Gasteiger partial charge is 0.0326 e. The third kappa shape index (κ3) is 2.17. The van der Waals surface area contributed by atoms with Crippen LogP contribution in [0.15, 0.2) is 25.3 Å². The van der Waals surface area contributed by atoms with Crippen LogP contribution in [-0.2, 0) is 0 Å². The molecule has 1 aliphatic rings. The van der Waals surface area contributed by atoms with Gasteiger partial charge in [-0.1, -0.05) is 12.2 Å². The highest BCUT2D eigenvalue weighted by atomic mass is 15.6. The van der Waals surface area contributed by atoms with Crippen LogP contribution in [0.1, 0.15) is 0 Å². The molecule has 0 unspecified atom stereocenters. The molecule has 0 radical (unpaired) electrons. The number of nitrogens with two attached hydrogens (primary N) is 1. The highest BCUT2D eigenvalue weighted by Gasteiger charge is 2.25. The minimum atomic E-state index is 0.268. The Hall–Kier alpha value is -0.640. The molecule has 0 aromatic carbocycles. The molecular weight excluding hydrogens is 150 g/mol. The van der Waals surface area contributed by atoms with Gasteiger partial charge < -0.3 is 5.73 Å². The number of nitrogens with zero attached hydrogens (tertiary/aromatic N) is 2. The average Bonchev–Trinajstić information content (AvgIpc) is 2.33. The van der Waals surface area contributed by atoms with Crippen LogP contribution in [0.2, 0.25) is 0 Å². The molecule has 0 atom stereocenters. The Bertz CT molecular complexity index is 149. The van der Waals surface area contributed by atoms with Crippen LogP contribution in [0.4, 0.5) is 0 Å². The Morgan fingerprint density at radius 1 is 1.17 bits per heavy atom. The zero-order valence-corrected chi connectivity index (χ0v) is 7.45. The van der Waals surface area contributed by atoms with Crippen molar-refractivity contribution in [2.45, 2.75) is 6.04 Å². The Labute approximate surface area is 74.1 Å². The first-order valence-corrected chi connectivity index (χ1v) is 4.25. The second kappa shape index (κ2) is 4.40. The number of hydrogen-bond acceptors (Lipinski definition) is 3. The van der Waals surface area contributed by atoms with Gasteiger partial charge in [-0.3, -0.25) is 0 Å². The third-order valence-corrected chi connectivity index (χ3v) is 1.97. The van der Waals surface area contributed by atoms with Crippen molar-refractivity contribution < 1.29 is 0 Å². The molecule has 3 heteroatoms. The summed E-state index contributed by atoms with van der Waals surface area (Å²) in [6.07, 6.45) is 3.79. The van der Waals surface area contributed by atoms with Gasteiger partial charge in [0.25, 0.3) is 0 Å². The van der Waals surface area contributed by atoms with Crippen molar-refractivity contribution in [2.24, 2.45) is 5.73 Å². The van der Waals surface area contributed by atoms with Gasteiger partial charge in [0.15, 0.2) is 0 Å². The Balaban J connectivity index is 2.46. The number of hydrazine groups is 1. The highest BCUT2D eigenvalue weighted by Crippen LogP contribution is 2.08. The molecule has 0 aliphatic carbocycles. The number of rotatable bonds is 4. The van der Waals surface area contributed by atoms with Crippen LogP contribution in [-0.4, -0.2) is 42.2 Å². The first-order valence-electron chi connectivity index (χ1n) is 4.25. The predicted molar refractivity (Wildman–Crippen MR) is 51.5 cm³/mol. The van der Waals surface area contributed by atoms with E-state index in [1.165, 1.54) is 0 Å². The summed E-state index contributed by atoms with van der Waals surface area (Å²) in [5.41, 5.74) is 5.82. The van der Waals surface area contributed by atoms with E-state index < -0.39 is 0 Å². The zero-order chi connectivity index (χ0) is 8.97. The van der Waals surface area contributed by atoms with E-state index in [1.54, 1.807) is 0 Å². The maximum atomic E-state index is 5.82. The summed E-state index contributed by atoms with van der Waals surface area (Å²) in [5, 5.41) is 4.42. The van der Waals surface area contributed by atoms with Gasteiger partial charge >= 0.3 is 0 Å². The fourth-order valence-electron chi connectivity index (χ4n) is 1.51. The molecule has 2 N–H and O–H groups in total. The molecule has 12 heavy (non-hydrogen) atoms. The lowest BCUT2D eigenvalue weighted by atomic mass is 10.3. The van der Waals surface area contributed by atoms with Crippen LogP contribution in [0.3, 0.4) is 0 Å². The Morgan fingerprint density at radius 2 is 1.58 bits per heavy atom. The van der Waals surface area contributed by atoms with E-state index >= 15 is 0 Å². The maximum Gasteiger partial charge on any atom is 0.0326 e. The summed E-state index contributed by atoms with van der Waals surface area (Å²) in [6.45, 7) is 11.0. The van der Waals surface area contributed by atoms with Crippen molar-refractivity contribution in [3.63, 3.8) is 0 Å². The molecule has 0 spiro atoms. The van der Waals surface area contributed by atoms with E-state index in [0.717, 1.165) is 26.2 Å². The van der Waals surface area contributed by atoms with Gasteiger partial charge in [0.2, 0.25) is 0 Å². The molecule has 1 saturated heterocycles. The van der Waals surface area contributed by atoms with Gasteiger partial charge in [-0.05, 0) is 0 Å². The zero-order valence-electron chi connectivity index (χ0n) is 7.45. The van der Waals surface area contributed by atoms with Crippen molar-refractivity contribution in [1.82, 2.24) is 10.0 Å². The monoisotopic (exact) mass is 167 g/mol. The van der Waals surface area contributed by atoms with Gasteiger partial charge in [-0.2, -0.15) is 0 Å². The van der Waals surface area contributed by atoms with Gasteiger partial charge in [-0.25, -0.2) is 10.0 Å². The largest absolute Gasteiger partial charge is 0.325 e. The second-order valence-corrected chi connectivity index (χ2v) is 3.08. The summed E-state index contributed by atoms with van der Waals surface area (Å²) >= 11 is 0. The number of hydrogen-bond donors (Lipinski definition) is 1. The third-order valence-electron chi connectivity index (χ3n) is 1.97. The molecule has 68 valence electrons. The van der Waals surface area contributed by atoms with Crippen molar-refractivity contribution in [3.8, 4) is 0 Å². The Kier molecular flexibility index (Phi) is 3.47. The molecule has 0 aromatic heterocycles. The van der Waals surface area contributed by atoms with Crippen molar-refractivity contribution >= 4 is 0 Å². The SMILES string of the molecule is C=CCN1CC(N)CN1CC=C. The molecule has 1 rings (SSSR count). The van der Waals surface area contributed by atoms with Crippen LogP contribution in [0.25, 0.3) is 0 Å². The van der Waals surface area contributed by atoms with E-state index in [-0.39, 0.29) is 6.04 Å². The standard InChI is InChI=1S/C9H17N3/c1-3-5-11-7-9(10)8-12(11)6-4-2/h3-4,9H,1-2,5-8,10H2. The van der Waals surface area contributed by atoms with Gasteiger partial charge in [0.05, 0.1) is 0 Å². The average molecular weight is 167 g/mol. The van der Waals surface area contributed by atoms with Crippen LogP contribution < -0.4 is 5.73 Å². The molecular formula is C9H17N3. The van der Waals surface area contributed by atoms with Crippen LogP contribution >= 0.6 is 0 Å². The van der Waals surface area contributed by atoms with E-state index in [2.05, 4.69) is 23.2 Å². The van der Waals surface area contributed by atoms with Crippen molar-refractivity contribution in [1.29, 1.82) is 0 Å². The lowest BCUT2D eigenvalue weighted by molar-refractivity contribution is 0.0530. The summed E-state index contributed by atoms with van der Waals surface area (Å²) in [7, 11) is 0. The first kappa shape index (κ1) is 9.45. The van der Waals surface area contributed by atoms with Gasteiger partial charge in [-0.15, -0.1) is 13.2 Å². The summed E-state index contributed by atoms with van der Waals surface area (Å²) in [5.74, 6) is 0. The van der Waals surface area contributed by atoms with Crippen molar-refractivity contribution in [3.05, 3.63) is 25.3 Å². The maximum absolute atomic E-state index is 5.82. The fraction of sp³-hybridized carbons (Fsp3) is 0.556. The van der Waals surface area contributed by atoms with Crippen LogP contribution in [0.5, 0.6) is 0 Å². The first-order chi connectivity index (χ1) is 5.77. The molecule has 0 bridgehead atoms. The van der Waals surface area contributed by atoms with E-state index in [4.69, 9.17) is 5.73 Å². The summed E-state index contributed by atoms with van der Waals surface area (Å²) in [4.78, 5) is 0. The molecule has 1 heterocycles. The van der Waals surface area contributed by atoms with Gasteiger partial charge in [0, 0.05) is 32.2 Å². The van der Waals surface area contributed by atoms with E-state index in [0.29, 0.717) is 0 Å². The molecule has 1 fully saturated rings. The fourth-order valence-corrected chi connectivity index (χ4v) is 1.51. The van der Waals surface area contributed by atoms with Crippen LogP contribution in [0, 0.1) is 0 Å². The van der Waals surface area contributed by atoms with E-state index in [1.807, 2.05) is 12.2 Å². The lowest BCUT2D eigenvalue weighted by Gasteiger charge is -2.24. The van der Waals surface area contributed by atoms with Gasteiger partial charge in [0.1, 0.15) is 0 Å². The topological polar surface area (TPSA) is 32.5 Å². The summed E-state index contributed by atoms with van der Waals surface area (Å²) in [6, 6.07) is 0.268. The second-order valence-electron chi connectivity index (χ2n) is 3.08. The Morgan fingerprint density at radius 3 is 1.92 bits per heavy atom. The lowest BCUT2D eigenvalue weighted by Crippen LogP contribution is -2.36. The highest BCUT2D eigenvalue weighted by molar-refractivity contribution is 4.86. The van der Waals surface area contributed by atoms with E-state index in [9.17, 15) is 0 Å². The minimum absolute atomic E-state index is 0.268. The molecule has 1 aliphatic heterocycles. The van der Waals surface area contributed by atoms with Crippen molar-refractivity contribution in [2.75, 3.05) is 26.2 Å². The summed E-state index contributed by atoms with van der Waals surface area (Å²) < 4.78 is 0. The minimum Gasteiger partial charge on any atom is -0.325 e.